The Bertz CT molecular complexity index is 911. The Hall–Kier alpha value is -3.83. The van der Waals surface area contributed by atoms with Crippen LogP contribution >= 0.6 is 0 Å². The van der Waals surface area contributed by atoms with Gasteiger partial charge in [0.05, 0.1) is 6.61 Å². The van der Waals surface area contributed by atoms with Crippen molar-refractivity contribution in [3.05, 3.63) is 35.9 Å². The van der Waals surface area contributed by atoms with Gasteiger partial charge in [0.15, 0.2) is 0 Å². The maximum absolute atomic E-state index is 12.9. The van der Waals surface area contributed by atoms with E-state index in [0.717, 1.165) is 10.6 Å². The van der Waals surface area contributed by atoms with Crippen LogP contribution in [0.2, 0.25) is 0 Å². The molecule has 0 radical (unpaired) electrons. The lowest BCUT2D eigenvalue weighted by Gasteiger charge is -2.29. The van der Waals surface area contributed by atoms with Crippen molar-refractivity contribution < 1.29 is 33.4 Å². The normalized spacial score (nSPS) is 16.5. The number of amides is 5. The number of carbonyl (C=O) groups is 5. The van der Waals surface area contributed by atoms with E-state index in [1.165, 1.54) is 25.8 Å². The molecule has 192 valence electrons. The fraction of sp³-hybridized carbons (Fsp3) is 0.522. The van der Waals surface area contributed by atoms with Crippen LogP contribution in [0.5, 0.6) is 0 Å². The van der Waals surface area contributed by atoms with Gasteiger partial charge in [0.25, 0.3) is 5.91 Å². The smallest absolute Gasteiger partial charge is 0.428 e. The number of hydrogen-bond acceptors (Lipinski definition) is 7. The van der Waals surface area contributed by atoms with Gasteiger partial charge in [0, 0.05) is 13.6 Å². The van der Waals surface area contributed by atoms with Crippen LogP contribution in [0.15, 0.2) is 30.3 Å². The Labute approximate surface area is 204 Å². The first kappa shape index (κ1) is 27.4. The van der Waals surface area contributed by atoms with Crippen molar-refractivity contribution in [2.24, 2.45) is 0 Å². The summed E-state index contributed by atoms with van der Waals surface area (Å²) in [7, 11) is 1.35. The van der Waals surface area contributed by atoms with E-state index in [9.17, 15) is 24.0 Å². The predicted molar refractivity (Wildman–Crippen MR) is 124 cm³/mol. The third kappa shape index (κ3) is 8.16. The van der Waals surface area contributed by atoms with Gasteiger partial charge in [-0.25, -0.2) is 14.6 Å². The van der Waals surface area contributed by atoms with Gasteiger partial charge in [-0.3, -0.25) is 19.8 Å². The number of ether oxygens (including phenoxy) is 2. The molecular formula is C23H33N5O7. The van der Waals surface area contributed by atoms with Crippen LogP contribution in [0.3, 0.4) is 0 Å². The average molecular weight is 492 g/mol. The topological polar surface area (TPSA) is 146 Å². The Morgan fingerprint density at radius 1 is 1.06 bits per heavy atom. The van der Waals surface area contributed by atoms with Crippen molar-refractivity contribution in [2.45, 2.75) is 58.3 Å². The maximum atomic E-state index is 12.9. The number of hydrogen-bond donors (Lipinski definition) is 3. The summed E-state index contributed by atoms with van der Waals surface area (Å²) in [5.41, 5.74) is 3.21. The molecule has 0 bridgehead atoms. The summed E-state index contributed by atoms with van der Waals surface area (Å²) in [5, 5.41) is 5.89. The Morgan fingerprint density at radius 2 is 1.74 bits per heavy atom. The van der Waals surface area contributed by atoms with Gasteiger partial charge in [-0.05, 0) is 39.2 Å². The zero-order valence-electron chi connectivity index (χ0n) is 20.4. The van der Waals surface area contributed by atoms with Gasteiger partial charge < -0.3 is 25.0 Å². The summed E-state index contributed by atoms with van der Waals surface area (Å²) >= 11 is 0. The highest BCUT2D eigenvalue weighted by Gasteiger charge is 2.37. The lowest BCUT2D eigenvalue weighted by atomic mass is 10.2. The summed E-state index contributed by atoms with van der Waals surface area (Å²) in [5.74, 6) is -1.56. The zero-order chi connectivity index (χ0) is 26.0. The van der Waals surface area contributed by atoms with Crippen LogP contribution in [0.4, 0.5) is 9.59 Å². The fourth-order valence-electron chi connectivity index (χ4n) is 3.46. The summed E-state index contributed by atoms with van der Waals surface area (Å²) in [6, 6.07) is 6.40. The molecular weight excluding hydrogens is 458 g/mol. The van der Waals surface area contributed by atoms with Gasteiger partial charge in [0.2, 0.25) is 11.8 Å². The molecule has 1 fully saturated rings. The Kier molecular flexibility index (Phi) is 10.3. The molecule has 0 aromatic heterocycles. The first-order chi connectivity index (χ1) is 16.6. The summed E-state index contributed by atoms with van der Waals surface area (Å²) in [4.78, 5) is 63.1. The second-order valence-electron chi connectivity index (χ2n) is 8.08. The first-order valence-corrected chi connectivity index (χ1v) is 11.4. The molecule has 2 rings (SSSR count). The first-order valence-electron chi connectivity index (χ1n) is 11.4. The number of likely N-dealkylation sites (tertiary alicyclic amines) is 1. The van der Waals surface area contributed by atoms with E-state index in [4.69, 9.17) is 9.47 Å². The molecule has 1 saturated heterocycles. The van der Waals surface area contributed by atoms with Crippen molar-refractivity contribution in [3.63, 3.8) is 0 Å². The highest BCUT2D eigenvalue weighted by molar-refractivity contribution is 5.94. The van der Waals surface area contributed by atoms with E-state index in [1.54, 1.807) is 19.1 Å². The van der Waals surface area contributed by atoms with Crippen LogP contribution < -0.4 is 16.1 Å². The van der Waals surface area contributed by atoms with Gasteiger partial charge >= 0.3 is 12.2 Å². The molecule has 1 aromatic rings. The summed E-state index contributed by atoms with van der Waals surface area (Å²) in [6.07, 6.45) is -0.475. The summed E-state index contributed by atoms with van der Waals surface area (Å²) < 4.78 is 9.92. The molecule has 12 nitrogen and oxygen atoms in total. The second kappa shape index (κ2) is 13.2. The third-order valence-electron chi connectivity index (χ3n) is 5.33. The van der Waals surface area contributed by atoms with Crippen LogP contribution in [0.25, 0.3) is 0 Å². The predicted octanol–water partition coefficient (Wildman–Crippen LogP) is 0.917. The quantitative estimate of drug-likeness (QED) is 0.458. The van der Waals surface area contributed by atoms with E-state index in [2.05, 4.69) is 16.1 Å². The van der Waals surface area contributed by atoms with Crippen LogP contribution in [-0.4, -0.2) is 78.1 Å². The van der Waals surface area contributed by atoms with Crippen molar-refractivity contribution in [2.75, 3.05) is 20.2 Å². The number of alkyl carbamates (subject to hydrolysis) is 1. The van der Waals surface area contributed by atoms with E-state index in [0.29, 0.717) is 19.4 Å². The number of nitrogens with one attached hydrogen (secondary N) is 3. The van der Waals surface area contributed by atoms with Gasteiger partial charge in [0.1, 0.15) is 24.7 Å². The SMILES string of the molecule is CCOC(=O)N(C)NC(=O)[C@@H]1CCCN1C(=O)[C@H](C)NC(=O)[C@H](C)NC(=O)OCc1ccccc1. The Morgan fingerprint density at radius 3 is 2.40 bits per heavy atom. The monoisotopic (exact) mass is 491 g/mol. The molecule has 5 amide bonds. The van der Waals surface area contributed by atoms with E-state index in [-0.39, 0.29) is 13.2 Å². The molecule has 1 aliphatic heterocycles. The van der Waals surface area contributed by atoms with E-state index >= 15 is 0 Å². The minimum absolute atomic E-state index is 0.0552. The van der Waals surface area contributed by atoms with Gasteiger partial charge in [-0.2, -0.15) is 0 Å². The fourth-order valence-corrected chi connectivity index (χ4v) is 3.46. The molecule has 1 heterocycles. The van der Waals surface area contributed by atoms with Crippen molar-refractivity contribution >= 4 is 29.9 Å². The number of rotatable bonds is 8. The molecule has 0 saturated carbocycles. The van der Waals surface area contributed by atoms with Crippen molar-refractivity contribution in [1.29, 1.82) is 0 Å². The molecule has 3 atom stereocenters. The van der Waals surface area contributed by atoms with Crippen LogP contribution in [0, 0.1) is 0 Å². The maximum Gasteiger partial charge on any atom is 0.428 e. The van der Waals surface area contributed by atoms with E-state index in [1.807, 2.05) is 18.2 Å². The van der Waals surface area contributed by atoms with E-state index < -0.39 is 48.0 Å². The minimum Gasteiger partial charge on any atom is -0.449 e. The minimum atomic E-state index is -0.954. The molecule has 1 aliphatic rings. The molecule has 35 heavy (non-hydrogen) atoms. The molecule has 1 aromatic carbocycles. The molecule has 3 N–H and O–H groups in total. The lowest BCUT2D eigenvalue weighted by Crippen LogP contribution is -2.56. The standard InChI is InChI=1S/C23H33N5O7/c1-5-34-23(33)27(4)26-20(30)18-12-9-13-28(18)21(31)16(3)24-19(29)15(2)25-22(32)35-14-17-10-7-6-8-11-17/h6-8,10-11,15-16,18H,5,9,12-14H2,1-4H3,(H,24,29)(H,25,32)(H,26,30)/t15-,16-,18-/m0/s1. The lowest BCUT2D eigenvalue weighted by molar-refractivity contribution is -0.142. The summed E-state index contributed by atoms with van der Waals surface area (Å²) in [6.45, 7) is 5.15. The van der Waals surface area contributed by atoms with Crippen molar-refractivity contribution in [1.82, 2.24) is 26.0 Å². The van der Waals surface area contributed by atoms with Crippen molar-refractivity contribution in [3.8, 4) is 0 Å². The highest BCUT2D eigenvalue weighted by Crippen LogP contribution is 2.18. The van der Waals surface area contributed by atoms with Crippen LogP contribution in [-0.2, 0) is 30.5 Å². The highest BCUT2D eigenvalue weighted by atomic mass is 16.6. The third-order valence-corrected chi connectivity index (χ3v) is 5.33. The zero-order valence-corrected chi connectivity index (χ0v) is 20.4. The average Bonchev–Trinajstić information content (AvgIpc) is 3.33. The number of benzene rings is 1. The number of nitrogens with zero attached hydrogens (tertiary/aromatic N) is 2. The van der Waals surface area contributed by atoms with Gasteiger partial charge in [-0.1, -0.05) is 30.3 Å². The molecule has 0 aliphatic carbocycles. The second-order valence-corrected chi connectivity index (χ2v) is 8.08. The Balaban J connectivity index is 1.84. The number of carbonyl (C=O) groups excluding carboxylic acids is 5. The molecule has 0 spiro atoms. The van der Waals surface area contributed by atoms with Crippen LogP contribution in [0.1, 0.15) is 39.2 Å². The largest absolute Gasteiger partial charge is 0.449 e. The van der Waals surface area contributed by atoms with Gasteiger partial charge in [-0.15, -0.1) is 0 Å². The molecule has 0 unspecified atom stereocenters. The molecule has 12 heteroatoms. The number of hydrazine groups is 1.